The summed E-state index contributed by atoms with van der Waals surface area (Å²) in [6.45, 7) is 0. The Bertz CT molecular complexity index is 742. The second-order valence-corrected chi connectivity index (χ2v) is 5.32. The lowest BCUT2D eigenvalue weighted by Crippen LogP contribution is -2.19. The number of hydrogen-bond donors (Lipinski definition) is 2. The number of nitrogens with zero attached hydrogens (tertiary/aromatic N) is 2. The summed E-state index contributed by atoms with van der Waals surface area (Å²) in [7, 11) is 0. The molecule has 2 N–H and O–H groups in total. The number of pyridine rings is 1. The number of carbonyl (C=O) groups is 1. The molecule has 6 heteroatoms. The highest BCUT2D eigenvalue weighted by Crippen LogP contribution is 2.28. The number of aromatic hydroxyl groups is 1. The number of carbonyl (C=O) groups excluding carboxylic acids is 1. The number of amidine groups is 1. The fourth-order valence-electron chi connectivity index (χ4n) is 1.77. The van der Waals surface area contributed by atoms with Crippen LogP contribution in [0.25, 0.3) is 6.08 Å². The molecule has 0 radical (unpaired) electrons. The fourth-order valence-corrected chi connectivity index (χ4v) is 2.61. The van der Waals surface area contributed by atoms with Crippen molar-refractivity contribution in [1.82, 2.24) is 10.3 Å². The van der Waals surface area contributed by atoms with Crippen LogP contribution in [0.1, 0.15) is 5.56 Å². The van der Waals surface area contributed by atoms with Gasteiger partial charge in [0, 0.05) is 18.5 Å². The first-order valence-electron chi connectivity index (χ1n) is 6.19. The lowest BCUT2D eigenvalue weighted by molar-refractivity contribution is -0.115. The van der Waals surface area contributed by atoms with Crippen molar-refractivity contribution >= 4 is 34.6 Å². The van der Waals surface area contributed by atoms with Crippen molar-refractivity contribution in [2.75, 3.05) is 0 Å². The van der Waals surface area contributed by atoms with Gasteiger partial charge >= 0.3 is 0 Å². The van der Waals surface area contributed by atoms with Gasteiger partial charge in [0.1, 0.15) is 5.75 Å². The summed E-state index contributed by atoms with van der Waals surface area (Å²) in [5.41, 5.74) is 1.44. The normalized spacial score (nSPS) is 18.2. The molecule has 21 heavy (non-hydrogen) atoms. The zero-order valence-electron chi connectivity index (χ0n) is 10.9. The van der Waals surface area contributed by atoms with Crippen molar-refractivity contribution in [2.45, 2.75) is 0 Å². The molecule has 1 aliphatic rings. The van der Waals surface area contributed by atoms with Crippen molar-refractivity contribution < 1.29 is 9.90 Å². The average Bonchev–Trinajstić information content (AvgIpc) is 2.80. The van der Waals surface area contributed by atoms with Gasteiger partial charge in [0.2, 0.25) is 0 Å². The molecule has 3 rings (SSSR count). The highest BCUT2D eigenvalue weighted by molar-refractivity contribution is 8.18. The van der Waals surface area contributed by atoms with E-state index >= 15 is 0 Å². The summed E-state index contributed by atoms with van der Waals surface area (Å²) in [5, 5.41) is 12.6. The second kappa shape index (κ2) is 5.80. The standard InChI is InChI=1S/C15H11N3O2S/c19-12-5-1-4-11(8-12)17-15-18-14(20)13(21-15)7-10-3-2-6-16-9-10/h1-9,19H,(H,17,18,20). The molecule has 0 spiro atoms. The minimum absolute atomic E-state index is 0.136. The lowest BCUT2D eigenvalue weighted by atomic mass is 10.2. The highest BCUT2D eigenvalue weighted by atomic mass is 32.2. The smallest absolute Gasteiger partial charge is 0.264 e. The van der Waals surface area contributed by atoms with Gasteiger partial charge in [0.05, 0.1) is 10.6 Å². The largest absolute Gasteiger partial charge is 0.508 e. The molecule has 1 saturated heterocycles. The monoisotopic (exact) mass is 297 g/mol. The Morgan fingerprint density at radius 2 is 2.19 bits per heavy atom. The van der Waals surface area contributed by atoms with E-state index < -0.39 is 0 Å². The molecule has 2 aromatic rings. The van der Waals surface area contributed by atoms with E-state index in [1.165, 1.54) is 17.8 Å². The Morgan fingerprint density at radius 1 is 1.29 bits per heavy atom. The maximum absolute atomic E-state index is 11.9. The molecule has 104 valence electrons. The number of phenolic OH excluding ortho intramolecular Hbond substituents is 1. The Labute approximate surface area is 125 Å². The van der Waals surface area contributed by atoms with E-state index in [4.69, 9.17) is 0 Å². The minimum atomic E-state index is -0.192. The first-order valence-corrected chi connectivity index (χ1v) is 7.01. The molecule has 2 heterocycles. The number of benzene rings is 1. The Balaban J connectivity index is 1.83. The van der Waals surface area contributed by atoms with Crippen molar-refractivity contribution in [3.63, 3.8) is 0 Å². The number of rotatable bonds is 2. The van der Waals surface area contributed by atoms with Crippen molar-refractivity contribution in [3.05, 3.63) is 59.3 Å². The molecular formula is C15H11N3O2S. The van der Waals surface area contributed by atoms with Crippen LogP contribution in [0.4, 0.5) is 5.69 Å². The van der Waals surface area contributed by atoms with Crippen LogP contribution in [0.3, 0.4) is 0 Å². The zero-order chi connectivity index (χ0) is 14.7. The third kappa shape index (κ3) is 3.29. The van der Waals surface area contributed by atoms with Crippen molar-refractivity contribution in [1.29, 1.82) is 0 Å². The molecule has 1 amide bonds. The molecule has 1 aromatic carbocycles. The molecule has 0 saturated carbocycles. The molecule has 1 aromatic heterocycles. The summed E-state index contributed by atoms with van der Waals surface area (Å²) < 4.78 is 0. The molecule has 1 aliphatic heterocycles. The molecule has 0 atom stereocenters. The number of phenols is 1. The SMILES string of the molecule is O=C1NC(=Nc2cccc(O)c2)SC1=Cc1cccnc1. The minimum Gasteiger partial charge on any atom is -0.508 e. The Kier molecular flexibility index (Phi) is 3.70. The number of thioether (sulfide) groups is 1. The Morgan fingerprint density at radius 3 is 2.95 bits per heavy atom. The van der Waals surface area contributed by atoms with Crippen LogP contribution in [0.2, 0.25) is 0 Å². The third-order valence-corrected chi connectivity index (χ3v) is 3.60. The summed E-state index contributed by atoms with van der Waals surface area (Å²) >= 11 is 1.26. The predicted molar refractivity (Wildman–Crippen MR) is 83.1 cm³/mol. The van der Waals surface area contributed by atoms with Gasteiger partial charge in [0.15, 0.2) is 5.17 Å². The van der Waals surface area contributed by atoms with E-state index in [2.05, 4.69) is 15.3 Å². The van der Waals surface area contributed by atoms with Crippen LogP contribution in [0, 0.1) is 0 Å². The molecule has 5 nitrogen and oxygen atoms in total. The summed E-state index contributed by atoms with van der Waals surface area (Å²) in [4.78, 5) is 20.7. The topological polar surface area (TPSA) is 74.6 Å². The summed E-state index contributed by atoms with van der Waals surface area (Å²) in [6, 6.07) is 10.2. The molecule has 0 unspecified atom stereocenters. The number of hydrogen-bond acceptors (Lipinski definition) is 5. The van der Waals surface area contributed by atoms with Gasteiger partial charge in [-0.3, -0.25) is 9.78 Å². The summed E-state index contributed by atoms with van der Waals surface area (Å²) in [5.74, 6) is -0.0555. The van der Waals surface area contributed by atoms with Gasteiger partial charge < -0.3 is 10.4 Å². The van der Waals surface area contributed by atoms with Gasteiger partial charge in [-0.15, -0.1) is 0 Å². The number of amides is 1. The zero-order valence-corrected chi connectivity index (χ0v) is 11.7. The fraction of sp³-hybridized carbons (Fsp3) is 0. The third-order valence-electron chi connectivity index (χ3n) is 2.69. The van der Waals surface area contributed by atoms with Crippen molar-refractivity contribution in [2.24, 2.45) is 4.99 Å². The van der Waals surface area contributed by atoms with Crippen LogP contribution >= 0.6 is 11.8 Å². The van der Waals surface area contributed by atoms with Crippen LogP contribution in [0.5, 0.6) is 5.75 Å². The predicted octanol–water partition coefficient (Wildman–Crippen LogP) is 2.68. The van der Waals surface area contributed by atoms with E-state index in [9.17, 15) is 9.90 Å². The first kappa shape index (κ1) is 13.4. The van der Waals surface area contributed by atoms with Gasteiger partial charge in [-0.25, -0.2) is 4.99 Å². The number of aromatic nitrogens is 1. The molecule has 0 aliphatic carbocycles. The van der Waals surface area contributed by atoms with Crippen LogP contribution in [0.15, 0.2) is 58.7 Å². The van der Waals surface area contributed by atoms with E-state index in [1.807, 2.05) is 12.1 Å². The maximum atomic E-state index is 11.9. The number of aliphatic imine (C=N–C) groups is 1. The highest BCUT2D eigenvalue weighted by Gasteiger charge is 2.23. The maximum Gasteiger partial charge on any atom is 0.264 e. The molecule has 1 fully saturated rings. The van der Waals surface area contributed by atoms with E-state index in [-0.39, 0.29) is 11.7 Å². The second-order valence-electron chi connectivity index (χ2n) is 4.29. The van der Waals surface area contributed by atoms with E-state index in [0.29, 0.717) is 15.8 Å². The van der Waals surface area contributed by atoms with Gasteiger partial charge in [-0.05, 0) is 41.6 Å². The number of nitrogens with one attached hydrogen (secondary N) is 1. The molecular weight excluding hydrogens is 286 g/mol. The Hall–Kier alpha value is -2.60. The van der Waals surface area contributed by atoms with Gasteiger partial charge in [0.25, 0.3) is 5.91 Å². The van der Waals surface area contributed by atoms with Gasteiger partial charge in [-0.2, -0.15) is 0 Å². The lowest BCUT2D eigenvalue weighted by Gasteiger charge is -1.96. The van der Waals surface area contributed by atoms with Crippen molar-refractivity contribution in [3.8, 4) is 5.75 Å². The average molecular weight is 297 g/mol. The quantitative estimate of drug-likeness (QED) is 0.836. The van der Waals surface area contributed by atoms with Crippen LogP contribution in [-0.2, 0) is 4.79 Å². The van der Waals surface area contributed by atoms with Crippen LogP contribution < -0.4 is 5.32 Å². The van der Waals surface area contributed by atoms with E-state index in [0.717, 1.165) is 5.56 Å². The van der Waals surface area contributed by atoms with E-state index in [1.54, 1.807) is 36.7 Å². The molecule has 0 bridgehead atoms. The summed E-state index contributed by atoms with van der Waals surface area (Å²) in [6.07, 6.45) is 5.13. The van der Waals surface area contributed by atoms with Crippen LogP contribution in [-0.4, -0.2) is 21.2 Å². The first-order chi connectivity index (χ1) is 10.2. The van der Waals surface area contributed by atoms with Gasteiger partial charge in [-0.1, -0.05) is 12.1 Å².